The van der Waals surface area contributed by atoms with E-state index in [0.29, 0.717) is 35.6 Å². The maximum atomic E-state index is 13.0. The number of nitrogens with zero attached hydrogens (tertiary/aromatic N) is 2. The van der Waals surface area contributed by atoms with Crippen molar-refractivity contribution in [1.29, 1.82) is 0 Å². The van der Waals surface area contributed by atoms with Gasteiger partial charge in [-0.15, -0.1) is 0 Å². The Bertz CT molecular complexity index is 680. The lowest BCUT2D eigenvalue weighted by Crippen LogP contribution is -2.45. The highest BCUT2D eigenvalue weighted by Gasteiger charge is 2.39. The Morgan fingerprint density at radius 2 is 1.77 bits per heavy atom. The van der Waals surface area contributed by atoms with Crippen LogP contribution in [0.25, 0.3) is 0 Å². The largest absolute Gasteiger partial charge is 0.497 e. The third kappa shape index (κ3) is 3.64. The van der Waals surface area contributed by atoms with Crippen LogP contribution in [0.5, 0.6) is 11.5 Å². The van der Waals surface area contributed by atoms with Crippen LogP contribution in [0.15, 0.2) is 18.2 Å². The van der Waals surface area contributed by atoms with Crippen molar-refractivity contribution in [3.63, 3.8) is 0 Å². The number of ether oxygens (including phenoxy) is 2. The van der Waals surface area contributed by atoms with Crippen LogP contribution in [0, 0.1) is 17.8 Å². The number of piperidine rings is 1. The number of methoxy groups -OCH3 is 2. The SMILES string of the molecule is COc1ccc(N2C[C@H](C(=O)N3C[C@@H](C)C[C@H](C)C3)CC2=O)c(OC)c1. The van der Waals surface area contributed by atoms with E-state index in [-0.39, 0.29) is 24.2 Å². The third-order valence-electron chi connectivity index (χ3n) is 5.33. The van der Waals surface area contributed by atoms with E-state index in [4.69, 9.17) is 9.47 Å². The van der Waals surface area contributed by atoms with Crippen molar-refractivity contribution in [1.82, 2.24) is 4.90 Å². The zero-order chi connectivity index (χ0) is 18.8. The average molecular weight is 360 g/mol. The summed E-state index contributed by atoms with van der Waals surface area (Å²) in [5.41, 5.74) is 0.689. The number of anilines is 1. The summed E-state index contributed by atoms with van der Waals surface area (Å²) in [6.45, 7) is 6.35. The summed E-state index contributed by atoms with van der Waals surface area (Å²) in [6.07, 6.45) is 1.41. The molecule has 142 valence electrons. The van der Waals surface area contributed by atoms with E-state index in [1.165, 1.54) is 0 Å². The fourth-order valence-electron chi connectivity index (χ4n) is 4.21. The molecule has 2 aliphatic heterocycles. The lowest BCUT2D eigenvalue weighted by molar-refractivity contribution is -0.138. The van der Waals surface area contributed by atoms with Crippen LogP contribution in [0.1, 0.15) is 26.7 Å². The van der Waals surface area contributed by atoms with Gasteiger partial charge in [0, 0.05) is 32.1 Å². The van der Waals surface area contributed by atoms with Gasteiger partial charge >= 0.3 is 0 Å². The van der Waals surface area contributed by atoms with Crippen molar-refractivity contribution in [2.24, 2.45) is 17.8 Å². The predicted octanol–water partition coefficient (Wildman–Crippen LogP) is 2.56. The highest BCUT2D eigenvalue weighted by Crippen LogP contribution is 2.36. The van der Waals surface area contributed by atoms with Crippen molar-refractivity contribution in [3.05, 3.63) is 18.2 Å². The number of hydrogen-bond acceptors (Lipinski definition) is 4. The molecule has 2 saturated heterocycles. The number of benzene rings is 1. The number of likely N-dealkylation sites (tertiary alicyclic amines) is 1. The van der Waals surface area contributed by atoms with Gasteiger partial charge in [0.25, 0.3) is 0 Å². The normalized spacial score (nSPS) is 26.2. The zero-order valence-corrected chi connectivity index (χ0v) is 16.0. The van der Waals surface area contributed by atoms with E-state index < -0.39 is 0 Å². The molecule has 0 radical (unpaired) electrons. The van der Waals surface area contributed by atoms with Crippen LogP contribution < -0.4 is 14.4 Å². The van der Waals surface area contributed by atoms with Crippen molar-refractivity contribution in [2.75, 3.05) is 38.8 Å². The standard InChI is InChI=1S/C20H28N2O4/c1-13-7-14(2)11-21(10-13)20(24)15-8-19(23)22(12-15)17-6-5-16(25-3)9-18(17)26-4/h5-6,9,13-15H,7-8,10-12H2,1-4H3/t13-,14-,15+/m0/s1. The van der Waals surface area contributed by atoms with Gasteiger partial charge in [-0.25, -0.2) is 0 Å². The molecule has 6 nitrogen and oxygen atoms in total. The van der Waals surface area contributed by atoms with Gasteiger partial charge in [0.05, 0.1) is 25.8 Å². The molecule has 0 saturated carbocycles. The minimum absolute atomic E-state index is 0.0371. The van der Waals surface area contributed by atoms with E-state index >= 15 is 0 Å². The fraction of sp³-hybridized carbons (Fsp3) is 0.600. The fourth-order valence-corrected chi connectivity index (χ4v) is 4.21. The second-order valence-corrected chi connectivity index (χ2v) is 7.63. The lowest BCUT2D eigenvalue weighted by atomic mass is 9.91. The van der Waals surface area contributed by atoms with Gasteiger partial charge in [-0.3, -0.25) is 9.59 Å². The Balaban J connectivity index is 1.75. The Morgan fingerprint density at radius 1 is 1.08 bits per heavy atom. The molecule has 2 heterocycles. The molecule has 0 N–H and O–H groups in total. The molecular weight excluding hydrogens is 332 g/mol. The second-order valence-electron chi connectivity index (χ2n) is 7.63. The Hall–Kier alpha value is -2.24. The molecule has 0 aromatic heterocycles. The Morgan fingerprint density at radius 3 is 2.38 bits per heavy atom. The maximum absolute atomic E-state index is 13.0. The molecule has 0 bridgehead atoms. The number of carbonyl (C=O) groups excluding carboxylic acids is 2. The summed E-state index contributed by atoms with van der Waals surface area (Å²) in [5.74, 6) is 2.05. The van der Waals surface area contributed by atoms with Crippen LogP contribution in [0.4, 0.5) is 5.69 Å². The minimum Gasteiger partial charge on any atom is -0.497 e. The van der Waals surface area contributed by atoms with Crippen LogP contribution >= 0.6 is 0 Å². The summed E-state index contributed by atoms with van der Waals surface area (Å²) in [7, 11) is 3.16. The van der Waals surface area contributed by atoms with E-state index in [0.717, 1.165) is 19.5 Å². The number of hydrogen-bond donors (Lipinski definition) is 0. The van der Waals surface area contributed by atoms with Crippen LogP contribution in [-0.4, -0.2) is 50.6 Å². The molecule has 0 unspecified atom stereocenters. The molecule has 6 heteroatoms. The molecule has 2 aliphatic rings. The topological polar surface area (TPSA) is 59.1 Å². The van der Waals surface area contributed by atoms with Gasteiger partial charge < -0.3 is 19.3 Å². The molecule has 3 atom stereocenters. The molecule has 1 aromatic rings. The quantitative estimate of drug-likeness (QED) is 0.828. The van der Waals surface area contributed by atoms with Crippen molar-refractivity contribution in [3.8, 4) is 11.5 Å². The summed E-state index contributed by atoms with van der Waals surface area (Å²) in [6, 6.07) is 5.37. The summed E-state index contributed by atoms with van der Waals surface area (Å²) < 4.78 is 10.6. The van der Waals surface area contributed by atoms with Crippen molar-refractivity contribution in [2.45, 2.75) is 26.7 Å². The van der Waals surface area contributed by atoms with Gasteiger partial charge in [0.1, 0.15) is 11.5 Å². The first-order valence-electron chi connectivity index (χ1n) is 9.24. The van der Waals surface area contributed by atoms with E-state index in [1.54, 1.807) is 31.3 Å². The number of amides is 2. The molecular formula is C20H28N2O4. The minimum atomic E-state index is -0.285. The molecule has 0 aliphatic carbocycles. The van der Waals surface area contributed by atoms with E-state index in [2.05, 4.69) is 13.8 Å². The van der Waals surface area contributed by atoms with Gasteiger partial charge in [-0.05, 0) is 30.4 Å². The van der Waals surface area contributed by atoms with Gasteiger partial charge in [0.2, 0.25) is 11.8 Å². The van der Waals surface area contributed by atoms with Crippen LogP contribution in [0.2, 0.25) is 0 Å². The van der Waals surface area contributed by atoms with E-state index in [1.807, 2.05) is 11.0 Å². The first-order valence-corrected chi connectivity index (χ1v) is 9.24. The Kier molecular flexibility index (Phi) is 5.39. The lowest BCUT2D eigenvalue weighted by Gasteiger charge is -2.36. The molecule has 2 fully saturated rings. The highest BCUT2D eigenvalue weighted by molar-refractivity contribution is 6.01. The molecule has 1 aromatic carbocycles. The first kappa shape index (κ1) is 18.5. The average Bonchev–Trinajstić information content (AvgIpc) is 3.01. The van der Waals surface area contributed by atoms with Crippen LogP contribution in [0.3, 0.4) is 0 Å². The third-order valence-corrected chi connectivity index (χ3v) is 5.33. The molecule has 26 heavy (non-hydrogen) atoms. The van der Waals surface area contributed by atoms with Crippen molar-refractivity contribution >= 4 is 17.5 Å². The van der Waals surface area contributed by atoms with E-state index in [9.17, 15) is 9.59 Å². The summed E-state index contributed by atoms with van der Waals surface area (Å²) in [5, 5.41) is 0. The second kappa shape index (κ2) is 7.56. The van der Waals surface area contributed by atoms with Gasteiger partial charge in [-0.2, -0.15) is 0 Å². The monoisotopic (exact) mass is 360 g/mol. The summed E-state index contributed by atoms with van der Waals surface area (Å²) >= 11 is 0. The zero-order valence-electron chi connectivity index (χ0n) is 16.0. The molecule has 3 rings (SSSR count). The smallest absolute Gasteiger partial charge is 0.228 e. The van der Waals surface area contributed by atoms with Gasteiger partial charge in [0.15, 0.2) is 0 Å². The number of carbonyl (C=O) groups is 2. The summed E-state index contributed by atoms with van der Waals surface area (Å²) in [4.78, 5) is 29.2. The molecule has 2 amide bonds. The Labute approximate surface area is 155 Å². The van der Waals surface area contributed by atoms with Gasteiger partial charge in [-0.1, -0.05) is 13.8 Å². The highest BCUT2D eigenvalue weighted by atomic mass is 16.5. The van der Waals surface area contributed by atoms with Crippen molar-refractivity contribution < 1.29 is 19.1 Å². The number of rotatable bonds is 4. The van der Waals surface area contributed by atoms with Crippen LogP contribution in [-0.2, 0) is 9.59 Å². The predicted molar refractivity (Wildman–Crippen MR) is 99.5 cm³/mol. The maximum Gasteiger partial charge on any atom is 0.228 e. The molecule has 0 spiro atoms. The first-order chi connectivity index (χ1) is 12.4.